The second-order valence-corrected chi connectivity index (χ2v) is 3.99. The van der Waals surface area contributed by atoms with Gasteiger partial charge in [-0.15, -0.1) is 0 Å². The van der Waals surface area contributed by atoms with Crippen LogP contribution in [0.1, 0.15) is 19.2 Å². The normalized spacial score (nSPS) is 20.6. The van der Waals surface area contributed by atoms with Crippen molar-refractivity contribution in [2.45, 2.75) is 19.8 Å². The molecule has 0 radical (unpaired) electrons. The summed E-state index contributed by atoms with van der Waals surface area (Å²) in [5.74, 6) is 1.58. The summed E-state index contributed by atoms with van der Waals surface area (Å²) in [6.45, 7) is 3.36. The van der Waals surface area contributed by atoms with Crippen molar-refractivity contribution in [2.75, 3.05) is 13.1 Å². The van der Waals surface area contributed by atoms with Crippen molar-refractivity contribution in [1.29, 1.82) is 0 Å². The van der Waals surface area contributed by atoms with Crippen molar-refractivity contribution in [3.8, 4) is 0 Å². The summed E-state index contributed by atoms with van der Waals surface area (Å²) in [6.07, 6.45) is 5.47. The van der Waals surface area contributed by atoms with E-state index < -0.39 is 0 Å². The van der Waals surface area contributed by atoms with Gasteiger partial charge in [-0.05, 0) is 18.4 Å². The van der Waals surface area contributed by atoms with Gasteiger partial charge < -0.3 is 4.90 Å². The Labute approximate surface area is 89.3 Å². The fraction of sp³-hybridized carbons (Fsp3) is 0.545. The molecule has 1 saturated heterocycles. The van der Waals surface area contributed by atoms with Crippen LogP contribution in [0.3, 0.4) is 0 Å². The smallest absolute Gasteiger partial charge is 0.219 e. The van der Waals surface area contributed by atoms with Crippen LogP contribution in [0.4, 0.5) is 0 Å². The molecule has 0 N–H and O–H groups in total. The molecule has 1 unspecified atom stereocenters. The second-order valence-electron chi connectivity index (χ2n) is 3.99. The molecular formula is C11H15N3O. The number of likely N-dealkylation sites (tertiary alicyclic amines) is 1. The molecule has 4 nitrogen and oxygen atoms in total. The van der Waals surface area contributed by atoms with E-state index in [1.165, 1.54) is 0 Å². The van der Waals surface area contributed by atoms with Crippen molar-refractivity contribution in [3.05, 3.63) is 24.3 Å². The minimum Gasteiger partial charge on any atom is -0.343 e. The zero-order valence-corrected chi connectivity index (χ0v) is 8.89. The molecule has 1 aromatic heterocycles. The number of nitrogens with zero attached hydrogens (tertiary/aromatic N) is 3. The molecule has 2 heterocycles. The zero-order chi connectivity index (χ0) is 10.7. The first-order chi connectivity index (χ1) is 7.25. The van der Waals surface area contributed by atoms with Crippen LogP contribution < -0.4 is 0 Å². The minimum atomic E-state index is 0.173. The molecule has 1 atom stereocenters. The van der Waals surface area contributed by atoms with Crippen molar-refractivity contribution in [2.24, 2.45) is 5.92 Å². The highest BCUT2D eigenvalue weighted by Crippen LogP contribution is 2.18. The Kier molecular flexibility index (Phi) is 2.94. The number of carbonyl (C=O) groups is 1. The molecular weight excluding hydrogens is 190 g/mol. The van der Waals surface area contributed by atoms with Gasteiger partial charge in [0.15, 0.2) is 0 Å². The van der Waals surface area contributed by atoms with Gasteiger partial charge in [0.25, 0.3) is 0 Å². The van der Waals surface area contributed by atoms with Crippen LogP contribution in [-0.4, -0.2) is 33.9 Å². The van der Waals surface area contributed by atoms with Gasteiger partial charge in [0.2, 0.25) is 5.91 Å². The lowest BCUT2D eigenvalue weighted by Gasteiger charge is -2.13. The third kappa shape index (κ3) is 2.52. The van der Waals surface area contributed by atoms with Gasteiger partial charge in [0, 0.05) is 38.8 Å². The molecule has 1 fully saturated rings. The molecule has 0 aliphatic carbocycles. The Morgan fingerprint density at radius 2 is 2.27 bits per heavy atom. The highest BCUT2D eigenvalue weighted by Gasteiger charge is 2.24. The van der Waals surface area contributed by atoms with E-state index in [1.807, 2.05) is 11.0 Å². The lowest BCUT2D eigenvalue weighted by Crippen LogP contribution is -2.26. The monoisotopic (exact) mass is 205 g/mol. The standard InChI is InChI=1S/C11H15N3O/c1-9(15)14-6-3-10(8-14)7-11-12-4-2-5-13-11/h2,4-5,10H,3,6-8H2,1H3. The Balaban J connectivity index is 1.90. The Bertz CT molecular complexity index is 339. The van der Waals surface area contributed by atoms with E-state index in [0.29, 0.717) is 5.92 Å². The lowest BCUT2D eigenvalue weighted by molar-refractivity contribution is -0.127. The van der Waals surface area contributed by atoms with Crippen molar-refractivity contribution in [3.63, 3.8) is 0 Å². The van der Waals surface area contributed by atoms with Crippen LogP contribution in [0.5, 0.6) is 0 Å². The van der Waals surface area contributed by atoms with Gasteiger partial charge >= 0.3 is 0 Å². The maximum absolute atomic E-state index is 11.1. The zero-order valence-electron chi connectivity index (χ0n) is 8.89. The van der Waals surface area contributed by atoms with Crippen LogP contribution in [0.2, 0.25) is 0 Å². The average Bonchev–Trinajstić information content (AvgIpc) is 2.68. The summed E-state index contributed by atoms with van der Waals surface area (Å²) in [6, 6.07) is 1.82. The quantitative estimate of drug-likeness (QED) is 0.720. The Hall–Kier alpha value is -1.45. The summed E-state index contributed by atoms with van der Waals surface area (Å²) < 4.78 is 0. The first-order valence-corrected chi connectivity index (χ1v) is 5.27. The average molecular weight is 205 g/mol. The molecule has 4 heteroatoms. The van der Waals surface area contributed by atoms with E-state index in [2.05, 4.69) is 9.97 Å². The molecule has 0 bridgehead atoms. The maximum atomic E-state index is 11.1. The lowest BCUT2D eigenvalue weighted by atomic mass is 10.0. The fourth-order valence-corrected chi connectivity index (χ4v) is 1.98. The molecule has 80 valence electrons. The maximum Gasteiger partial charge on any atom is 0.219 e. The largest absolute Gasteiger partial charge is 0.343 e. The van der Waals surface area contributed by atoms with Gasteiger partial charge in [0.05, 0.1) is 0 Å². The van der Waals surface area contributed by atoms with E-state index in [0.717, 1.165) is 31.8 Å². The Morgan fingerprint density at radius 1 is 1.53 bits per heavy atom. The van der Waals surface area contributed by atoms with E-state index in [4.69, 9.17) is 0 Å². The summed E-state index contributed by atoms with van der Waals surface area (Å²) in [7, 11) is 0. The first-order valence-electron chi connectivity index (χ1n) is 5.27. The Morgan fingerprint density at radius 3 is 2.87 bits per heavy atom. The van der Waals surface area contributed by atoms with Crippen LogP contribution >= 0.6 is 0 Å². The van der Waals surface area contributed by atoms with Crippen LogP contribution in [0.25, 0.3) is 0 Å². The number of rotatable bonds is 2. The van der Waals surface area contributed by atoms with Gasteiger partial charge in [-0.25, -0.2) is 9.97 Å². The number of amides is 1. The van der Waals surface area contributed by atoms with Crippen molar-refractivity contribution >= 4 is 5.91 Å². The molecule has 0 saturated carbocycles. The van der Waals surface area contributed by atoms with E-state index in [1.54, 1.807) is 19.3 Å². The molecule has 2 rings (SSSR count). The molecule has 15 heavy (non-hydrogen) atoms. The predicted molar refractivity (Wildman–Crippen MR) is 56.1 cm³/mol. The highest BCUT2D eigenvalue weighted by molar-refractivity contribution is 5.73. The van der Waals surface area contributed by atoms with Crippen molar-refractivity contribution in [1.82, 2.24) is 14.9 Å². The summed E-state index contributed by atoms with van der Waals surface area (Å²) in [5, 5.41) is 0. The topological polar surface area (TPSA) is 46.1 Å². The molecule has 1 aliphatic heterocycles. The van der Waals surface area contributed by atoms with E-state index in [9.17, 15) is 4.79 Å². The van der Waals surface area contributed by atoms with Crippen LogP contribution in [-0.2, 0) is 11.2 Å². The van der Waals surface area contributed by atoms with Crippen LogP contribution in [0, 0.1) is 5.92 Å². The molecule has 1 aromatic rings. The van der Waals surface area contributed by atoms with Gasteiger partial charge in [-0.3, -0.25) is 4.79 Å². The second kappa shape index (κ2) is 4.38. The summed E-state index contributed by atoms with van der Waals surface area (Å²) in [4.78, 5) is 21.4. The molecule has 0 spiro atoms. The number of hydrogen-bond donors (Lipinski definition) is 0. The van der Waals surface area contributed by atoms with Crippen molar-refractivity contribution < 1.29 is 4.79 Å². The van der Waals surface area contributed by atoms with Gasteiger partial charge in [0.1, 0.15) is 5.82 Å². The van der Waals surface area contributed by atoms with Gasteiger partial charge in [-0.1, -0.05) is 0 Å². The van der Waals surface area contributed by atoms with E-state index >= 15 is 0 Å². The molecule has 0 aromatic carbocycles. The number of carbonyl (C=O) groups excluding carboxylic acids is 1. The minimum absolute atomic E-state index is 0.173. The fourth-order valence-electron chi connectivity index (χ4n) is 1.98. The van der Waals surface area contributed by atoms with E-state index in [-0.39, 0.29) is 5.91 Å². The summed E-state index contributed by atoms with van der Waals surface area (Å²) in [5.41, 5.74) is 0. The predicted octanol–water partition coefficient (Wildman–Crippen LogP) is 0.888. The number of hydrogen-bond acceptors (Lipinski definition) is 3. The summed E-state index contributed by atoms with van der Waals surface area (Å²) >= 11 is 0. The first kappa shape index (κ1) is 10.1. The van der Waals surface area contributed by atoms with Crippen LogP contribution in [0.15, 0.2) is 18.5 Å². The third-order valence-electron chi connectivity index (χ3n) is 2.82. The third-order valence-corrected chi connectivity index (χ3v) is 2.82. The highest BCUT2D eigenvalue weighted by atomic mass is 16.2. The SMILES string of the molecule is CC(=O)N1CCC(Cc2ncccn2)C1. The van der Waals surface area contributed by atoms with Gasteiger partial charge in [-0.2, -0.15) is 0 Å². The molecule has 1 aliphatic rings. The molecule has 1 amide bonds. The number of aromatic nitrogens is 2.